The molecule has 2 rings (SSSR count). The molecule has 0 aliphatic carbocycles. The van der Waals surface area contributed by atoms with Crippen molar-refractivity contribution in [3.63, 3.8) is 0 Å². The van der Waals surface area contributed by atoms with Crippen LogP contribution in [-0.2, 0) is 11.3 Å². The van der Waals surface area contributed by atoms with Crippen LogP contribution < -0.4 is 0 Å². The molecule has 0 radical (unpaired) electrons. The van der Waals surface area contributed by atoms with Crippen molar-refractivity contribution < 1.29 is 9.84 Å². The molecule has 0 spiro atoms. The Bertz CT molecular complexity index is 394. The van der Waals surface area contributed by atoms with Gasteiger partial charge in [0.2, 0.25) is 0 Å². The molecule has 0 aromatic carbocycles. The molecule has 1 aromatic rings. The van der Waals surface area contributed by atoms with Crippen LogP contribution in [0.2, 0.25) is 0 Å². The summed E-state index contributed by atoms with van der Waals surface area (Å²) in [7, 11) is 0. The van der Waals surface area contributed by atoms with Crippen molar-refractivity contribution in [2.75, 3.05) is 19.7 Å². The van der Waals surface area contributed by atoms with E-state index in [9.17, 15) is 5.11 Å². The zero-order valence-corrected chi connectivity index (χ0v) is 12.4. The number of ether oxygens (including phenoxy) is 1. The second kappa shape index (κ2) is 5.65. The molecule has 1 atom stereocenters. The molecule has 1 aromatic heterocycles. The average molecular weight is 315 g/mol. The summed E-state index contributed by atoms with van der Waals surface area (Å²) in [4.78, 5) is 6.66. The van der Waals surface area contributed by atoms with Crippen molar-refractivity contribution in [1.82, 2.24) is 9.88 Å². The first-order valence-electron chi connectivity index (χ1n) is 6.10. The summed E-state index contributed by atoms with van der Waals surface area (Å²) in [6.07, 6.45) is 1.70. The number of hydrogen-bond donors (Lipinski definition) is 1. The SMILES string of the molecule is CC1(C)CN(Cc2ccc(Br)cn2)CC(CO)O1. The van der Waals surface area contributed by atoms with Crippen LogP contribution in [0.4, 0.5) is 0 Å². The van der Waals surface area contributed by atoms with E-state index >= 15 is 0 Å². The Kier molecular flexibility index (Phi) is 4.37. The van der Waals surface area contributed by atoms with Gasteiger partial charge in [0.25, 0.3) is 0 Å². The van der Waals surface area contributed by atoms with Crippen molar-refractivity contribution in [2.45, 2.75) is 32.1 Å². The largest absolute Gasteiger partial charge is 0.394 e. The van der Waals surface area contributed by atoms with Crippen molar-refractivity contribution in [1.29, 1.82) is 0 Å². The van der Waals surface area contributed by atoms with E-state index in [1.807, 2.05) is 18.3 Å². The van der Waals surface area contributed by atoms with Crippen LogP contribution in [0.25, 0.3) is 0 Å². The predicted octanol–water partition coefficient (Wildman–Crippen LogP) is 1.82. The lowest BCUT2D eigenvalue weighted by atomic mass is 10.1. The third-order valence-electron chi connectivity index (χ3n) is 2.93. The molecule has 4 nitrogen and oxygen atoms in total. The minimum atomic E-state index is -0.221. The van der Waals surface area contributed by atoms with Gasteiger partial charge in [-0.2, -0.15) is 0 Å². The molecule has 0 amide bonds. The number of morpholine rings is 1. The highest BCUT2D eigenvalue weighted by molar-refractivity contribution is 9.10. The summed E-state index contributed by atoms with van der Waals surface area (Å²) < 4.78 is 6.78. The maximum atomic E-state index is 9.27. The van der Waals surface area contributed by atoms with Gasteiger partial charge in [-0.15, -0.1) is 0 Å². The highest BCUT2D eigenvalue weighted by Crippen LogP contribution is 2.22. The number of aliphatic hydroxyl groups is 1. The van der Waals surface area contributed by atoms with E-state index in [0.717, 1.165) is 29.8 Å². The van der Waals surface area contributed by atoms with Gasteiger partial charge in [0, 0.05) is 30.3 Å². The summed E-state index contributed by atoms with van der Waals surface area (Å²) in [6, 6.07) is 4.01. The minimum absolute atomic E-state index is 0.0632. The molecule has 1 N–H and O–H groups in total. The lowest BCUT2D eigenvalue weighted by Gasteiger charge is -2.42. The Balaban J connectivity index is 2.02. The first kappa shape index (κ1) is 13.9. The van der Waals surface area contributed by atoms with Crippen LogP contribution in [-0.4, -0.2) is 46.4 Å². The van der Waals surface area contributed by atoms with E-state index in [2.05, 4.69) is 39.7 Å². The first-order chi connectivity index (χ1) is 8.48. The van der Waals surface area contributed by atoms with Gasteiger partial charge in [-0.1, -0.05) is 0 Å². The number of pyridine rings is 1. The molecule has 1 aliphatic rings. The topological polar surface area (TPSA) is 45.6 Å². The van der Waals surface area contributed by atoms with Gasteiger partial charge < -0.3 is 9.84 Å². The van der Waals surface area contributed by atoms with Crippen LogP contribution >= 0.6 is 15.9 Å². The van der Waals surface area contributed by atoms with E-state index in [1.165, 1.54) is 0 Å². The molecule has 1 unspecified atom stereocenters. The smallest absolute Gasteiger partial charge is 0.0940 e. The zero-order chi connectivity index (χ0) is 13.2. The van der Waals surface area contributed by atoms with E-state index in [1.54, 1.807) is 0 Å². The van der Waals surface area contributed by atoms with E-state index in [-0.39, 0.29) is 18.3 Å². The molecule has 2 heterocycles. The lowest BCUT2D eigenvalue weighted by Crippen LogP contribution is -2.53. The van der Waals surface area contributed by atoms with E-state index in [4.69, 9.17) is 4.74 Å². The molecule has 0 bridgehead atoms. The summed E-state index contributed by atoms with van der Waals surface area (Å²) in [6.45, 7) is 6.55. The number of aromatic nitrogens is 1. The fourth-order valence-corrected chi connectivity index (χ4v) is 2.60. The molecular weight excluding hydrogens is 296 g/mol. The standard InChI is InChI=1S/C13H19BrN2O2/c1-13(2)9-16(7-12(8-17)18-13)6-11-4-3-10(14)5-15-11/h3-5,12,17H,6-9H2,1-2H3. The summed E-state index contributed by atoms with van der Waals surface area (Å²) in [5.74, 6) is 0. The van der Waals surface area contributed by atoms with Gasteiger partial charge in [-0.3, -0.25) is 9.88 Å². The van der Waals surface area contributed by atoms with Gasteiger partial charge in [0.15, 0.2) is 0 Å². The third-order valence-corrected chi connectivity index (χ3v) is 3.40. The van der Waals surface area contributed by atoms with Crippen LogP contribution in [0, 0.1) is 0 Å². The van der Waals surface area contributed by atoms with Crippen molar-refractivity contribution in [3.8, 4) is 0 Å². The molecule has 100 valence electrons. The number of hydrogen-bond acceptors (Lipinski definition) is 4. The van der Waals surface area contributed by atoms with Crippen molar-refractivity contribution in [2.24, 2.45) is 0 Å². The maximum absolute atomic E-state index is 9.27. The third kappa shape index (κ3) is 3.75. The maximum Gasteiger partial charge on any atom is 0.0940 e. The second-order valence-electron chi connectivity index (χ2n) is 5.32. The van der Waals surface area contributed by atoms with Crippen molar-refractivity contribution in [3.05, 3.63) is 28.5 Å². The lowest BCUT2D eigenvalue weighted by molar-refractivity contribution is -0.150. The van der Waals surface area contributed by atoms with Gasteiger partial charge in [-0.05, 0) is 41.9 Å². The quantitative estimate of drug-likeness (QED) is 0.924. The van der Waals surface area contributed by atoms with E-state index in [0.29, 0.717) is 0 Å². The molecule has 1 saturated heterocycles. The summed E-state index contributed by atoms with van der Waals surface area (Å²) >= 11 is 3.38. The Morgan fingerprint density at radius 3 is 2.94 bits per heavy atom. The van der Waals surface area contributed by atoms with Crippen LogP contribution in [0.15, 0.2) is 22.8 Å². The number of rotatable bonds is 3. The molecule has 1 aliphatic heterocycles. The van der Waals surface area contributed by atoms with Crippen LogP contribution in [0.3, 0.4) is 0 Å². The van der Waals surface area contributed by atoms with Gasteiger partial charge in [0.05, 0.1) is 24.0 Å². The molecular formula is C13H19BrN2O2. The highest BCUT2D eigenvalue weighted by atomic mass is 79.9. The Hall–Kier alpha value is -0.490. The van der Waals surface area contributed by atoms with E-state index < -0.39 is 0 Å². The van der Waals surface area contributed by atoms with Gasteiger partial charge in [-0.25, -0.2) is 0 Å². The summed E-state index contributed by atoms with van der Waals surface area (Å²) in [5, 5.41) is 9.27. The Morgan fingerprint density at radius 1 is 1.56 bits per heavy atom. The fourth-order valence-electron chi connectivity index (χ4n) is 2.36. The Morgan fingerprint density at radius 2 is 2.33 bits per heavy atom. The normalized spacial score (nSPS) is 24.1. The van der Waals surface area contributed by atoms with Crippen molar-refractivity contribution >= 4 is 15.9 Å². The highest BCUT2D eigenvalue weighted by Gasteiger charge is 2.32. The minimum Gasteiger partial charge on any atom is -0.394 e. The molecule has 5 heteroatoms. The number of aliphatic hydroxyl groups excluding tert-OH is 1. The van der Waals surface area contributed by atoms with Crippen LogP contribution in [0.1, 0.15) is 19.5 Å². The number of nitrogens with zero attached hydrogens (tertiary/aromatic N) is 2. The number of halogens is 1. The monoisotopic (exact) mass is 314 g/mol. The van der Waals surface area contributed by atoms with Crippen LogP contribution in [0.5, 0.6) is 0 Å². The average Bonchev–Trinajstić information content (AvgIpc) is 2.30. The molecule has 1 fully saturated rings. The first-order valence-corrected chi connectivity index (χ1v) is 6.89. The summed E-state index contributed by atoms with van der Waals surface area (Å²) in [5.41, 5.74) is 0.814. The molecule has 0 saturated carbocycles. The predicted molar refractivity (Wildman–Crippen MR) is 73.3 cm³/mol. The second-order valence-corrected chi connectivity index (χ2v) is 6.24. The molecule has 18 heavy (non-hydrogen) atoms. The Labute approximate surface area is 116 Å². The van der Waals surface area contributed by atoms with Gasteiger partial charge in [0.1, 0.15) is 0 Å². The zero-order valence-electron chi connectivity index (χ0n) is 10.8. The van der Waals surface area contributed by atoms with Gasteiger partial charge >= 0.3 is 0 Å². The fraction of sp³-hybridized carbons (Fsp3) is 0.615.